The number of hydrogen-bond acceptors (Lipinski definition) is 12. The SMILES string of the molecule is CC[Si](CC)(CC)OC1C[C@H]2OC[C@@]2(OC(C)=O)[C@H]2[C@H](OC(=O)c3ccccc3)[C@]3(O)CC(OC(=O)[C@H](O[Si](C)(C)C(C)(C)C)[C@@H](NC(=O)c4ccccc4)c4ccccc4)C(C)=C([C@H](C)[C@H](O)[C@]12C)C3(C)C. The van der Waals surface area contributed by atoms with E-state index >= 15 is 4.79 Å². The Morgan fingerprint density at radius 1 is 0.849 bits per heavy atom. The second-order valence-corrected chi connectivity index (χ2v) is 33.0. The summed E-state index contributed by atoms with van der Waals surface area (Å²) < 4.78 is 41.1. The third kappa shape index (κ3) is 9.97. The average Bonchev–Trinajstić information content (AvgIpc) is 3.35. The minimum absolute atomic E-state index is 0.0820. The molecule has 2 saturated carbocycles. The number of aliphatic hydroxyl groups is 2. The summed E-state index contributed by atoms with van der Waals surface area (Å²) in [6.45, 7) is 27.4. The third-order valence-electron chi connectivity index (χ3n) is 18.3. The van der Waals surface area contributed by atoms with E-state index < -0.39 is 117 Å². The van der Waals surface area contributed by atoms with Gasteiger partial charge in [-0.3, -0.25) is 9.59 Å². The summed E-state index contributed by atoms with van der Waals surface area (Å²) in [5.41, 5.74) is -3.71. The lowest BCUT2D eigenvalue weighted by Gasteiger charge is -2.70. The molecule has 3 aliphatic carbocycles. The lowest BCUT2D eigenvalue weighted by molar-refractivity contribution is -0.361. The maximum atomic E-state index is 15.6. The third-order valence-corrected chi connectivity index (χ3v) is 27.4. The molecule has 3 aromatic rings. The van der Waals surface area contributed by atoms with Crippen LogP contribution in [-0.2, 0) is 37.4 Å². The van der Waals surface area contributed by atoms with E-state index in [9.17, 15) is 24.6 Å². The van der Waals surface area contributed by atoms with E-state index in [1.165, 1.54) is 6.92 Å². The highest BCUT2D eigenvalue weighted by Gasteiger charge is 2.78. The maximum Gasteiger partial charge on any atom is 0.338 e. The molecule has 7 rings (SSSR count). The molecule has 2 bridgehead atoms. The quantitative estimate of drug-likeness (QED) is 0.0537. The molecule has 3 N–H and O–H groups in total. The molecule has 13 nitrogen and oxygen atoms in total. The number of ether oxygens (including phenoxy) is 4. The van der Waals surface area contributed by atoms with Crippen LogP contribution >= 0.6 is 0 Å². The molecule has 1 heterocycles. The van der Waals surface area contributed by atoms with Crippen LogP contribution in [0.1, 0.15) is 128 Å². The van der Waals surface area contributed by atoms with E-state index in [0.717, 1.165) is 18.1 Å². The van der Waals surface area contributed by atoms with Crippen molar-refractivity contribution in [3.05, 3.63) is 119 Å². The Morgan fingerprint density at radius 2 is 1.40 bits per heavy atom. The maximum absolute atomic E-state index is 15.6. The Kier molecular flexibility index (Phi) is 16.1. The van der Waals surface area contributed by atoms with Gasteiger partial charge in [-0.2, -0.15) is 0 Å². The van der Waals surface area contributed by atoms with E-state index in [-0.39, 0.29) is 30.1 Å². The summed E-state index contributed by atoms with van der Waals surface area (Å²) in [5, 5.41) is 30.7. The Labute approximate surface area is 435 Å². The Morgan fingerprint density at radius 3 is 1.90 bits per heavy atom. The standard InChI is InChI=1S/C58H81NO12Si2/c1-15-73(16-2,17-3)70-43-33-44-57(35-66-44,69-38(6)60)48-50(68-52(63)41-31-25-20-26-32-41)58(65)34-42(36(4)45(55(58,10)11)37(5)49(61)56(43,48)12)67-53(64)47(71-72(13,14)54(7,8)9)46(39-27-21-18-22-28-39)59-51(62)40-29-23-19-24-30-40/h18-32,37,42-44,46-50,61,65H,15-17,33-35H2,1-14H3,(H,59,62)/t37-,42?,43?,44+,46-,47+,48-,49-,50-,56+,57-,58+/m0/s1. The van der Waals surface area contributed by atoms with Crippen molar-refractivity contribution in [1.29, 1.82) is 0 Å². The predicted octanol–water partition coefficient (Wildman–Crippen LogP) is 10.3. The van der Waals surface area contributed by atoms with Crippen LogP contribution in [0.4, 0.5) is 0 Å². The van der Waals surface area contributed by atoms with E-state index in [2.05, 4.69) is 46.9 Å². The molecule has 0 spiro atoms. The number of rotatable bonds is 16. The molecule has 15 heteroatoms. The monoisotopic (exact) mass is 1040 g/mol. The van der Waals surface area contributed by atoms with Crippen LogP contribution in [0.5, 0.6) is 0 Å². The van der Waals surface area contributed by atoms with Crippen molar-refractivity contribution in [1.82, 2.24) is 5.32 Å². The van der Waals surface area contributed by atoms with E-state index in [1.54, 1.807) is 54.6 Å². The topological polar surface area (TPSA) is 176 Å². The summed E-state index contributed by atoms with van der Waals surface area (Å²) >= 11 is 0. The van der Waals surface area contributed by atoms with Gasteiger partial charge in [0.15, 0.2) is 28.3 Å². The van der Waals surface area contributed by atoms with Gasteiger partial charge in [-0.1, -0.05) is 142 Å². The Hall–Kier alpha value is -4.49. The molecule has 3 fully saturated rings. The van der Waals surface area contributed by atoms with Gasteiger partial charge in [0.25, 0.3) is 5.91 Å². The second-order valence-electron chi connectivity index (χ2n) is 23.5. The molecule has 3 aromatic carbocycles. The normalized spacial score (nSPS) is 30.7. The van der Waals surface area contributed by atoms with Gasteiger partial charge >= 0.3 is 17.9 Å². The fourth-order valence-corrected chi connectivity index (χ4v) is 16.9. The molecular weight excluding hydrogens is 959 g/mol. The fourth-order valence-electron chi connectivity index (χ4n) is 12.7. The second kappa shape index (κ2) is 20.9. The summed E-state index contributed by atoms with van der Waals surface area (Å²) in [7, 11) is -5.32. The highest BCUT2D eigenvalue weighted by Crippen LogP contribution is 2.67. The number of nitrogens with one attached hydrogen (secondary N) is 1. The van der Waals surface area contributed by atoms with Gasteiger partial charge < -0.3 is 43.3 Å². The van der Waals surface area contributed by atoms with Crippen molar-refractivity contribution in [2.45, 2.75) is 186 Å². The number of benzene rings is 3. The van der Waals surface area contributed by atoms with E-state index in [4.69, 9.17) is 27.8 Å². The van der Waals surface area contributed by atoms with Gasteiger partial charge in [0.2, 0.25) is 0 Å². The first kappa shape index (κ1) is 56.2. The van der Waals surface area contributed by atoms with Crippen molar-refractivity contribution >= 4 is 40.4 Å². The van der Waals surface area contributed by atoms with Crippen LogP contribution in [0.15, 0.2) is 102 Å². The summed E-state index contributed by atoms with van der Waals surface area (Å²) in [4.78, 5) is 58.2. The van der Waals surface area contributed by atoms with Crippen LogP contribution in [0.2, 0.25) is 36.3 Å². The Bertz CT molecular complexity index is 2500. The highest BCUT2D eigenvalue weighted by atomic mass is 28.4. The molecule has 0 aromatic heterocycles. The number of carbonyl (C=O) groups excluding carboxylic acids is 4. The zero-order valence-electron chi connectivity index (χ0n) is 45.6. The number of esters is 3. The van der Waals surface area contributed by atoms with Crippen LogP contribution in [0, 0.1) is 22.7 Å². The van der Waals surface area contributed by atoms with Gasteiger partial charge in [-0.05, 0) is 78.6 Å². The molecule has 1 saturated heterocycles. The number of amides is 1. The first-order valence-electron chi connectivity index (χ1n) is 26.3. The first-order chi connectivity index (χ1) is 34.2. The van der Waals surface area contributed by atoms with Gasteiger partial charge in [0, 0.05) is 42.1 Å². The van der Waals surface area contributed by atoms with Gasteiger partial charge in [0.1, 0.15) is 23.9 Å². The predicted molar refractivity (Wildman–Crippen MR) is 284 cm³/mol. The number of carbonyl (C=O) groups is 4. The molecule has 12 atom stereocenters. The molecule has 73 heavy (non-hydrogen) atoms. The summed E-state index contributed by atoms with van der Waals surface area (Å²) in [6, 6.07) is 27.9. The van der Waals surface area contributed by atoms with E-state index in [1.807, 2.05) is 84.1 Å². The van der Waals surface area contributed by atoms with E-state index in [0.29, 0.717) is 22.3 Å². The van der Waals surface area contributed by atoms with Gasteiger partial charge in [0.05, 0.1) is 36.3 Å². The van der Waals surface area contributed by atoms with Crippen molar-refractivity contribution in [3.8, 4) is 0 Å². The number of hydrogen-bond donors (Lipinski definition) is 3. The zero-order valence-corrected chi connectivity index (χ0v) is 47.6. The minimum atomic E-state index is -2.85. The zero-order chi connectivity index (χ0) is 53.7. The van der Waals surface area contributed by atoms with Crippen LogP contribution < -0.4 is 5.32 Å². The van der Waals surface area contributed by atoms with Gasteiger partial charge in [-0.15, -0.1) is 0 Å². The number of fused-ring (bicyclic) bond motifs is 5. The molecule has 398 valence electrons. The van der Waals surface area contributed by atoms with Crippen LogP contribution in [0.25, 0.3) is 0 Å². The van der Waals surface area contributed by atoms with Crippen molar-refractivity contribution in [2.24, 2.45) is 22.7 Å². The first-order valence-corrected chi connectivity index (χ1v) is 31.8. The summed E-state index contributed by atoms with van der Waals surface area (Å²) in [5.74, 6) is -4.36. The van der Waals surface area contributed by atoms with Crippen molar-refractivity contribution < 1.29 is 57.2 Å². The average molecular weight is 1040 g/mol. The molecule has 2 unspecified atom stereocenters. The highest BCUT2D eigenvalue weighted by molar-refractivity contribution is 6.74. The van der Waals surface area contributed by atoms with Crippen LogP contribution in [-0.4, -0.2) is 105 Å². The van der Waals surface area contributed by atoms with Crippen LogP contribution in [0.3, 0.4) is 0 Å². The van der Waals surface area contributed by atoms with Gasteiger partial charge in [-0.25, -0.2) is 9.59 Å². The molecule has 1 amide bonds. The molecular formula is C58H81NO12Si2. The smallest absolute Gasteiger partial charge is 0.338 e. The number of aliphatic hydroxyl groups excluding tert-OH is 1. The minimum Gasteiger partial charge on any atom is -0.456 e. The molecule has 0 radical (unpaired) electrons. The molecule has 1 aliphatic heterocycles. The molecule has 4 aliphatic rings. The lowest BCUT2D eigenvalue weighted by Crippen LogP contribution is -2.82. The lowest BCUT2D eigenvalue weighted by atomic mass is 9.43. The largest absolute Gasteiger partial charge is 0.456 e. The van der Waals surface area contributed by atoms with Crippen molar-refractivity contribution in [2.75, 3.05) is 6.61 Å². The van der Waals surface area contributed by atoms with Crippen molar-refractivity contribution in [3.63, 3.8) is 0 Å². The fraction of sp³-hybridized carbons (Fsp3) is 0.586. The summed E-state index contributed by atoms with van der Waals surface area (Å²) in [6.07, 6.45) is -6.71. The Balaban J connectivity index is 1.44.